The average molecular weight is 329 g/mol. The Morgan fingerprint density at radius 3 is 2.61 bits per heavy atom. The second-order valence-corrected chi connectivity index (χ2v) is 7.48. The number of carbonyl (C=O) groups is 1. The van der Waals surface area contributed by atoms with E-state index in [1.54, 1.807) is 0 Å². The van der Waals surface area contributed by atoms with Crippen LogP contribution in [0.2, 0.25) is 0 Å². The number of fused-ring (bicyclic) bond motifs is 2. The second-order valence-electron chi connectivity index (χ2n) is 7.08. The number of benzene rings is 1. The fraction of sp³-hybridized carbons (Fsp3) is 0.556. The van der Waals surface area contributed by atoms with Gasteiger partial charge in [-0.25, -0.2) is 0 Å². The Hall–Kier alpha value is -1.62. The Morgan fingerprint density at radius 2 is 2.00 bits per heavy atom. The molecule has 1 heterocycles. The van der Waals surface area contributed by atoms with Crippen LogP contribution >= 0.6 is 12.2 Å². The molecule has 0 spiro atoms. The summed E-state index contributed by atoms with van der Waals surface area (Å²) in [6, 6.07) is 8.53. The highest BCUT2D eigenvalue weighted by Crippen LogP contribution is 2.44. The molecule has 122 valence electrons. The largest absolute Gasteiger partial charge is 0.359 e. The molecule has 1 aromatic rings. The molecule has 2 N–H and O–H groups in total. The lowest BCUT2D eigenvalue weighted by Crippen LogP contribution is -2.40. The number of rotatable bonds is 3. The maximum absolute atomic E-state index is 11.8. The molecule has 0 aromatic heterocycles. The topological polar surface area (TPSA) is 44.4 Å². The van der Waals surface area contributed by atoms with Gasteiger partial charge in [0.05, 0.1) is 0 Å². The quantitative estimate of drug-likeness (QED) is 0.835. The number of nitrogens with one attached hydrogen (secondary N) is 2. The van der Waals surface area contributed by atoms with Gasteiger partial charge in [-0.2, -0.15) is 0 Å². The Kier molecular flexibility index (Phi) is 3.97. The van der Waals surface area contributed by atoms with Crippen LogP contribution in [0.1, 0.15) is 38.5 Å². The lowest BCUT2D eigenvalue weighted by Gasteiger charge is -2.24. The summed E-state index contributed by atoms with van der Waals surface area (Å²) >= 11 is 5.46. The molecule has 23 heavy (non-hydrogen) atoms. The molecule has 3 aliphatic rings. The predicted molar refractivity (Wildman–Crippen MR) is 96.6 cm³/mol. The van der Waals surface area contributed by atoms with Gasteiger partial charge in [-0.3, -0.25) is 4.79 Å². The van der Waals surface area contributed by atoms with E-state index < -0.39 is 0 Å². The van der Waals surface area contributed by atoms with E-state index in [2.05, 4.69) is 10.6 Å². The van der Waals surface area contributed by atoms with Crippen LogP contribution in [0.25, 0.3) is 0 Å². The van der Waals surface area contributed by atoms with Gasteiger partial charge in [0.25, 0.3) is 0 Å². The van der Waals surface area contributed by atoms with Crippen LogP contribution in [0, 0.1) is 11.8 Å². The molecule has 5 heteroatoms. The number of nitrogens with zero attached hydrogens (tertiary/aromatic N) is 1. The average Bonchev–Trinajstić information content (AvgIpc) is 3.25. The van der Waals surface area contributed by atoms with Gasteiger partial charge in [0.15, 0.2) is 5.11 Å². The Labute approximate surface area is 142 Å². The first-order valence-electron chi connectivity index (χ1n) is 8.67. The fourth-order valence-corrected chi connectivity index (χ4v) is 4.67. The van der Waals surface area contributed by atoms with Crippen LogP contribution in [0.15, 0.2) is 24.3 Å². The number of amides is 1. The zero-order valence-corrected chi connectivity index (χ0v) is 14.1. The van der Waals surface area contributed by atoms with Crippen molar-refractivity contribution in [2.45, 2.75) is 44.6 Å². The molecule has 1 amide bonds. The van der Waals surface area contributed by atoms with E-state index in [0.29, 0.717) is 17.6 Å². The molecular formula is C18H23N3OS. The van der Waals surface area contributed by atoms with E-state index in [0.717, 1.165) is 36.2 Å². The summed E-state index contributed by atoms with van der Waals surface area (Å²) in [4.78, 5) is 13.6. The highest BCUT2D eigenvalue weighted by atomic mass is 32.1. The van der Waals surface area contributed by atoms with Gasteiger partial charge in [0.2, 0.25) is 5.91 Å². The standard InChI is InChI=1S/C18H23N3OS/c22-17-2-1-9-21(17)15-7-5-14(6-8-15)19-18(23)20-16-11-12-3-4-13(16)10-12/h5-8,12-13,16H,1-4,9-11H2,(H2,19,20,23)/t12-,13+,16-/m0/s1. The molecule has 2 aliphatic carbocycles. The summed E-state index contributed by atoms with van der Waals surface area (Å²) < 4.78 is 0. The maximum atomic E-state index is 11.8. The van der Waals surface area contributed by atoms with Crippen molar-refractivity contribution in [3.63, 3.8) is 0 Å². The summed E-state index contributed by atoms with van der Waals surface area (Å²) in [5.74, 6) is 1.94. The fourth-order valence-electron chi connectivity index (χ4n) is 4.40. The number of hydrogen-bond donors (Lipinski definition) is 2. The van der Waals surface area contributed by atoms with E-state index in [-0.39, 0.29) is 5.91 Å². The first-order chi connectivity index (χ1) is 11.2. The predicted octanol–water partition coefficient (Wildman–Crippen LogP) is 3.29. The number of carbonyl (C=O) groups excluding carboxylic acids is 1. The summed E-state index contributed by atoms with van der Waals surface area (Å²) in [5.41, 5.74) is 1.95. The van der Waals surface area contributed by atoms with Crippen LogP contribution in [-0.2, 0) is 4.79 Å². The lowest BCUT2D eigenvalue weighted by atomic mass is 9.96. The van der Waals surface area contributed by atoms with Crippen molar-refractivity contribution in [2.24, 2.45) is 11.8 Å². The van der Waals surface area contributed by atoms with E-state index in [1.165, 1.54) is 25.7 Å². The molecule has 4 rings (SSSR count). The van der Waals surface area contributed by atoms with Crippen LogP contribution in [0.4, 0.5) is 11.4 Å². The molecule has 0 radical (unpaired) electrons. The lowest BCUT2D eigenvalue weighted by molar-refractivity contribution is -0.117. The van der Waals surface area contributed by atoms with Crippen molar-refractivity contribution in [2.75, 3.05) is 16.8 Å². The molecular weight excluding hydrogens is 306 g/mol. The monoisotopic (exact) mass is 329 g/mol. The molecule has 1 aliphatic heterocycles. The first-order valence-corrected chi connectivity index (χ1v) is 9.08. The Bertz CT molecular complexity index is 615. The zero-order valence-electron chi connectivity index (χ0n) is 13.3. The third-order valence-electron chi connectivity index (χ3n) is 5.56. The molecule has 2 bridgehead atoms. The van der Waals surface area contributed by atoms with E-state index in [9.17, 15) is 4.79 Å². The number of hydrogen-bond acceptors (Lipinski definition) is 2. The van der Waals surface area contributed by atoms with Gasteiger partial charge in [-0.15, -0.1) is 0 Å². The molecule has 2 saturated carbocycles. The summed E-state index contributed by atoms with van der Waals surface area (Å²) in [5, 5.41) is 7.48. The summed E-state index contributed by atoms with van der Waals surface area (Å²) in [6.07, 6.45) is 7.01. The third-order valence-corrected chi connectivity index (χ3v) is 5.78. The molecule has 1 aromatic carbocycles. The Morgan fingerprint density at radius 1 is 1.17 bits per heavy atom. The van der Waals surface area contributed by atoms with Gasteiger partial charge >= 0.3 is 0 Å². The summed E-state index contributed by atoms with van der Waals surface area (Å²) in [7, 11) is 0. The zero-order chi connectivity index (χ0) is 15.8. The highest BCUT2D eigenvalue weighted by molar-refractivity contribution is 7.80. The van der Waals surface area contributed by atoms with E-state index >= 15 is 0 Å². The minimum Gasteiger partial charge on any atom is -0.359 e. The number of thiocarbonyl (C=S) groups is 1. The minimum atomic E-state index is 0.221. The van der Waals surface area contributed by atoms with Crippen LogP contribution in [-0.4, -0.2) is 23.6 Å². The van der Waals surface area contributed by atoms with Gasteiger partial charge in [0.1, 0.15) is 0 Å². The molecule has 1 saturated heterocycles. The van der Waals surface area contributed by atoms with Gasteiger partial charge in [-0.1, -0.05) is 6.42 Å². The van der Waals surface area contributed by atoms with Crippen molar-refractivity contribution >= 4 is 34.6 Å². The van der Waals surface area contributed by atoms with Crippen molar-refractivity contribution in [3.8, 4) is 0 Å². The van der Waals surface area contributed by atoms with Gasteiger partial charge in [0, 0.05) is 30.4 Å². The van der Waals surface area contributed by atoms with Gasteiger partial charge < -0.3 is 15.5 Å². The SMILES string of the molecule is O=C1CCCN1c1ccc(NC(=S)N[C@H]2C[C@H]3CC[C@@H]2C3)cc1. The van der Waals surface area contributed by atoms with Crippen LogP contribution in [0.5, 0.6) is 0 Å². The molecule has 4 nitrogen and oxygen atoms in total. The molecule has 3 fully saturated rings. The first kappa shape index (κ1) is 14.9. The van der Waals surface area contributed by atoms with Gasteiger partial charge in [-0.05, 0) is 74.0 Å². The van der Waals surface area contributed by atoms with E-state index in [4.69, 9.17) is 12.2 Å². The van der Waals surface area contributed by atoms with Crippen molar-refractivity contribution in [1.29, 1.82) is 0 Å². The van der Waals surface area contributed by atoms with Crippen LogP contribution < -0.4 is 15.5 Å². The van der Waals surface area contributed by atoms with Crippen molar-refractivity contribution in [1.82, 2.24) is 5.32 Å². The second kappa shape index (κ2) is 6.11. The molecule has 0 unspecified atom stereocenters. The third kappa shape index (κ3) is 3.07. The normalized spacial score (nSPS) is 29.1. The summed E-state index contributed by atoms with van der Waals surface area (Å²) in [6.45, 7) is 0.829. The number of anilines is 2. The van der Waals surface area contributed by atoms with Crippen LogP contribution in [0.3, 0.4) is 0 Å². The van der Waals surface area contributed by atoms with Crippen molar-refractivity contribution < 1.29 is 4.79 Å². The smallest absolute Gasteiger partial charge is 0.227 e. The maximum Gasteiger partial charge on any atom is 0.227 e. The Balaban J connectivity index is 1.33. The molecule has 3 atom stereocenters. The minimum absolute atomic E-state index is 0.221. The van der Waals surface area contributed by atoms with E-state index in [1.807, 2.05) is 29.2 Å². The van der Waals surface area contributed by atoms with Crippen molar-refractivity contribution in [3.05, 3.63) is 24.3 Å². The highest BCUT2D eigenvalue weighted by Gasteiger charge is 2.39.